The van der Waals surface area contributed by atoms with Crippen molar-refractivity contribution in [1.29, 1.82) is 0 Å². The highest BCUT2D eigenvalue weighted by Crippen LogP contribution is 2.28. The number of nitrogens with zero attached hydrogens (tertiary/aromatic N) is 7. The Balaban J connectivity index is 2.18. The minimum absolute atomic E-state index is 0.107. The molecule has 0 atom stereocenters. The molecule has 0 bridgehead atoms. The first kappa shape index (κ1) is 14.2. The first-order chi connectivity index (χ1) is 11.1. The van der Waals surface area contributed by atoms with Crippen LogP contribution in [0, 0.1) is 20.2 Å². The van der Waals surface area contributed by atoms with Crippen LogP contribution in [0.3, 0.4) is 0 Å². The fraction of sp³-hybridized carbons (Fsp3) is 0. The van der Waals surface area contributed by atoms with Gasteiger partial charge in [-0.25, -0.2) is 4.98 Å². The van der Waals surface area contributed by atoms with E-state index in [1.165, 1.54) is 10.9 Å². The fourth-order valence-corrected chi connectivity index (χ4v) is 1.94. The topological polar surface area (TPSA) is 143 Å². The molecule has 114 valence electrons. The van der Waals surface area contributed by atoms with E-state index in [2.05, 4.69) is 20.5 Å². The summed E-state index contributed by atoms with van der Waals surface area (Å²) in [6.45, 7) is 0. The zero-order valence-corrected chi connectivity index (χ0v) is 11.3. The number of hydrogen-bond acceptors (Lipinski definition) is 8. The quantitative estimate of drug-likeness (QED) is 0.521. The van der Waals surface area contributed by atoms with Crippen LogP contribution in [0.5, 0.6) is 0 Å². The molecule has 0 radical (unpaired) electrons. The van der Waals surface area contributed by atoms with Crippen molar-refractivity contribution in [2.75, 3.05) is 0 Å². The highest BCUT2D eigenvalue weighted by Gasteiger charge is 2.21. The standard InChI is InChI=1S/C12H7N7O4/c20-18(21)9-5-8(6-10(7-9)19(22)23)12-14-15-16-17(12)11-3-1-2-4-13-11/h1-7H. The lowest BCUT2D eigenvalue weighted by Crippen LogP contribution is -2.02. The van der Waals surface area contributed by atoms with Gasteiger partial charge < -0.3 is 0 Å². The van der Waals surface area contributed by atoms with E-state index >= 15 is 0 Å². The molecule has 11 heteroatoms. The number of pyridine rings is 1. The second kappa shape index (κ2) is 5.55. The van der Waals surface area contributed by atoms with Crippen molar-refractivity contribution < 1.29 is 9.85 Å². The molecule has 3 aromatic rings. The number of tetrazole rings is 1. The van der Waals surface area contributed by atoms with Gasteiger partial charge in [0.1, 0.15) is 0 Å². The number of hydrogen-bond donors (Lipinski definition) is 0. The smallest absolute Gasteiger partial charge is 0.258 e. The molecule has 2 heterocycles. The van der Waals surface area contributed by atoms with Crippen molar-refractivity contribution >= 4 is 11.4 Å². The Morgan fingerprint density at radius 3 is 2.26 bits per heavy atom. The van der Waals surface area contributed by atoms with E-state index < -0.39 is 21.2 Å². The molecular weight excluding hydrogens is 306 g/mol. The first-order valence-electron chi connectivity index (χ1n) is 6.20. The van der Waals surface area contributed by atoms with Crippen molar-refractivity contribution in [3.8, 4) is 17.2 Å². The number of non-ortho nitro benzene ring substituents is 2. The molecule has 0 aliphatic rings. The molecule has 0 saturated heterocycles. The number of rotatable bonds is 4. The van der Waals surface area contributed by atoms with Gasteiger partial charge in [0.25, 0.3) is 11.4 Å². The number of benzene rings is 1. The zero-order valence-electron chi connectivity index (χ0n) is 11.3. The predicted molar refractivity (Wildman–Crippen MR) is 75.7 cm³/mol. The summed E-state index contributed by atoms with van der Waals surface area (Å²) < 4.78 is 1.24. The lowest BCUT2D eigenvalue weighted by atomic mass is 10.1. The van der Waals surface area contributed by atoms with E-state index in [9.17, 15) is 20.2 Å². The summed E-state index contributed by atoms with van der Waals surface area (Å²) >= 11 is 0. The van der Waals surface area contributed by atoms with Crippen LogP contribution in [0.15, 0.2) is 42.6 Å². The molecule has 2 aromatic heterocycles. The van der Waals surface area contributed by atoms with Crippen LogP contribution < -0.4 is 0 Å². The van der Waals surface area contributed by atoms with Gasteiger partial charge in [0.2, 0.25) is 0 Å². The second-order valence-electron chi connectivity index (χ2n) is 4.35. The molecule has 0 saturated carbocycles. The van der Waals surface area contributed by atoms with Crippen LogP contribution >= 0.6 is 0 Å². The Labute approximate surface area is 127 Å². The zero-order chi connectivity index (χ0) is 16.4. The third-order valence-electron chi connectivity index (χ3n) is 2.92. The maximum absolute atomic E-state index is 11.0. The Kier molecular flexibility index (Phi) is 3.43. The lowest BCUT2D eigenvalue weighted by Gasteiger charge is -2.03. The summed E-state index contributed by atoms with van der Waals surface area (Å²) in [5, 5.41) is 33.0. The summed E-state index contributed by atoms with van der Waals surface area (Å²) in [6, 6.07) is 8.25. The van der Waals surface area contributed by atoms with E-state index in [0.29, 0.717) is 5.82 Å². The minimum Gasteiger partial charge on any atom is -0.258 e. The molecule has 23 heavy (non-hydrogen) atoms. The van der Waals surface area contributed by atoms with Crippen molar-refractivity contribution in [2.45, 2.75) is 0 Å². The van der Waals surface area contributed by atoms with Crippen LogP contribution in [-0.2, 0) is 0 Å². The summed E-state index contributed by atoms with van der Waals surface area (Å²) in [4.78, 5) is 24.6. The first-order valence-corrected chi connectivity index (χ1v) is 6.20. The Hall–Kier alpha value is -3.76. The van der Waals surface area contributed by atoms with Crippen LogP contribution in [-0.4, -0.2) is 35.0 Å². The Bertz CT molecular complexity index is 861. The van der Waals surface area contributed by atoms with Gasteiger partial charge in [-0.05, 0) is 22.6 Å². The van der Waals surface area contributed by atoms with Gasteiger partial charge in [-0.2, -0.15) is 4.68 Å². The van der Waals surface area contributed by atoms with Crippen molar-refractivity contribution in [2.24, 2.45) is 0 Å². The van der Waals surface area contributed by atoms with Crippen LogP contribution in [0.1, 0.15) is 0 Å². The maximum Gasteiger partial charge on any atom is 0.277 e. The van der Waals surface area contributed by atoms with Gasteiger partial charge in [0, 0.05) is 23.9 Å². The Morgan fingerprint density at radius 2 is 1.70 bits per heavy atom. The van der Waals surface area contributed by atoms with Crippen molar-refractivity contribution in [3.63, 3.8) is 0 Å². The molecule has 0 unspecified atom stereocenters. The molecular formula is C12H7N7O4. The minimum atomic E-state index is -0.717. The molecule has 1 aromatic carbocycles. The third kappa shape index (κ3) is 2.70. The van der Waals surface area contributed by atoms with E-state index in [-0.39, 0.29) is 11.4 Å². The molecule has 0 aliphatic heterocycles. The molecule has 0 aliphatic carbocycles. The van der Waals surface area contributed by atoms with Gasteiger partial charge in [0.15, 0.2) is 11.6 Å². The second-order valence-corrected chi connectivity index (χ2v) is 4.35. The molecule has 11 nitrogen and oxygen atoms in total. The molecule has 3 rings (SSSR count). The lowest BCUT2D eigenvalue weighted by molar-refractivity contribution is -0.394. The van der Waals surface area contributed by atoms with Crippen LogP contribution in [0.25, 0.3) is 17.2 Å². The SMILES string of the molecule is O=[N+]([O-])c1cc(-c2nnnn2-c2ccccn2)cc([N+](=O)[O-])c1. The van der Waals surface area contributed by atoms with Crippen LogP contribution in [0.4, 0.5) is 11.4 Å². The third-order valence-corrected chi connectivity index (χ3v) is 2.92. The van der Waals surface area contributed by atoms with Gasteiger partial charge >= 0.3 is 0 Å². The van der Waals surface area contributed by atoms with Gasteiger partial charge in [-0.15, -0.1) is 5.10 Å². The Morgan fingerprint density at radius 1 is 1.00 bits per heavy atom. The fourth-order valence-electron chi connectivity index (χ4n) is 1.94. The van der Waals surface area contributed by atoms with E-state index in [0.717, 1.165) is 18.2 Å². The summed E-state index contributed by atoms with van der Waals surface area (Å²) in [5.41, 5.74) is -0.712. The summed E-state index contributed by atoms with van der Waals surface area (Å²) in [5.74, 6) is 0.483. The number of aromatic nitrogens is 5. The predicted octanol–water partition coefficient (Wildman–Crippen LogP) is 1.54. The molecule has 0 fully saturated rings. The van der Waals surface area contributed by atoms with E-state index in [1.54, 1.807) is 18.2 Å². The largest absolute Gasteiger partial charge is 0.277 e. The molecule has 0 N–H and O–H groups in total. The number of nitro groups is 2. The van der Waals surface area contributed by atoms with E-state index in [1.807, 2.05) is 0 Å². The van der Waals surface area contributed by atoms with Gasteiger partial charge in [-0.1, -0.05) is 6.07 Å². The summed E-state index contributed by atoms with van der Waals surface area (Å²) in [6.07, 6.45) is 1.52. The number of nitro benzene ring substituents is 2. The summed E-state index contributed by atoms with van der Waals surface area (Å²) in [7, 11) is 0. The highest BCUT2D eigenvalue weighted by molar-refractivity contribution is 5.65. The van der Waals surface area contributed by atoms with Crippen LogP contribution in [0.2, 0.25) is 0 Å². The monoisotopic (exact) mass is 313 g/mol. The average Bonchev–Trinajstić information content (AvgIpc) is 3.04. The normalized spacial score (nSPS) is 10.4. The maximum atomic E-state index is 11.0. The highest BCUT2D eigenvalue weighted by atomic mass is 16.6. The van der Waals surface area contributed by atoms with Crippen molar-refractivity contribution in [3.05, 3.63) is 62.8 Å². The average molecular weight is 313 g/mol. The van der Waals surface area contributed by atoms with Gasteiger partial charge in [0.05, 0.1) is 15.9 Å². The molecule has 0 spiro atoms. The van der Waals surface area contributed by atoms with Crippen molar-refractivity contribution in [1.82, 2.24) is 25.2 Å². The molecule has 0 amide bonds. The van der Waals surface area contributed by atoms with E-state index in [4.69, 9.17) is 0 Å². The van der Waals surface area contributed by atoms with Gasteiger partial charge in [-0.3, -0.25) is 20.2 Å².